The number of hydrogen-bond acceptors (Lipinski definition) is 0. The smallest absolute Gasteiger partial charge is 0.0827 e. The Bertz CT molecular complexity index is 129. The van der Waals surface area contributed by atoms with Crippen molar-refractivity contribution in [2.75, 3.05) is 0 Å². The summed E-state index contributed by atoms with van der Waals surface area (Å²) in [7, 11) is 0. The van der Waals surface area contributed by atoms with Gasteiger partial charge in [-0.3, -0.25) is 0 Å². The Morgan fingerprint density at radius 2 is 1.20 bits per heavy atom. The van der Waals surface area contributed by atoms with E-state index in [9.17, 15) is 4.39 Å². The molecule has 0 rings (SSSR count). The minimum atomic E-state index is 0.660. The lowest BCUT2D eigenvalue weighted by molar-refractivity contribution is 0.557. The third kappa shape index (κ3) is 13.7. The second kappa shape index (κ2) is 13.7. The van der Waals surface area contributed by atoms with E-state index in [1.54, 1.807) is 6.08 Å². The van der Waals surface area contributed by atoms with Crippen LogP contribution in [0.5, 0.6) is 0 Å². The zero-order valence-corrected chi connectivity index (χ0v) is 10.3. The molecule has 0 amide bonds. The molecule has 0 aliphatic heterocycles. The van der Waals surface area contributed by atoms with Crippen LogP contribution in [-0.2, 0) is 0 Å². The Morgan fingerprint density at radius 1 is 0.733 bits per heavy atom. The lowest BCUT2D eigenvalue weighted by atomic mass is 10.1. The third-order valence-corrected chi connectivity index (χ3v) is 2.81. The van der Waals surface area contributed by atoms with Crippen molar-refractivity contribution >= 4 is 0 Å². The molecule has 0 saturated heterocycles. The third-order valence-electron chi connectivity index (χ3n) is 2.81. The van der Waals surface area contributed by atoms with Gasteiger partial charge in [0.05, 0.1) is 6.33 Å². The zero-order chi connectivity index (χ0) is 11.2. The van der Waals surface area contributed by atoms with E-state index in [-0.39, 0.29) is 0 Å². The maximum absolute atomic E-state index is 11.6. The second-order valence-electron chi connectivity index (χ2n) is 4.33. The fraction of sp³-hybridized carbons (Fsp3) is 0.857. The average molecular weight is 214 g/mol. The molecule has 0 N–H and O–H groups in total. The second-order valence-corrected chi connectivity index (χ2v) is 4.33. The molecule has 0 radical (unpaired) electrons. The van der Waals surface area contributed by atoms with E-state index < -0.39 is 0 Å². The molecule has 0 aromatic rings. The predicted molar refractivity (Wildman–Crippen MR) is 66.7 cm³/mol. The number of halogens is 1. The Balaban J connectivity index is 2.86. The van der Waals surface area contributed by atoms with E-state index >= 15 is 0 Å². The Kier molecular flexibility index (Phi) is 13.4. The molecule has 1 heteroatoms. The van der Waals surface area contributed by atoms with Crippen molar-refractivity contribution in [3.05, 3.63) is 12.4 Å². The standard InChI is InChI=1S/C14H27F/c1-2-3-4-5-6-7-8-9-10-11-12-13-14-15/h13-14H,2-12H2,1H3/b14-13+. The van der Waals surface area contributed by atoms with Crippen molar-refractivity contribution in [1.29, 1.82) is 0 Å². The Labute approximate surface area is 95.0 Å². The van der Waals surface area contributed by atoms with E-state index in [2.05, 4.69) is 6.92 Å². The molecule has 15 heavy (non-hydrogen) atoms. The van der Waals surface area contributed by atoms with Gasteiger partial charge in [0.2, 0.25) is 0 Å². The molecule has 0 saturated carbocycles. The van der Waals surface area contributed by atoms with Crippen LogP contribution in [0, 0.1) is 0 Å². The van der Waals surface area contributed by atoms with Gasteiger partial charge in [-0.05, 0) is 12.8 Å². The van der Waals surface area contributed by atoms with Crippen molar-refractivity contribution < 1.29 is 4.39 Å². The average Bonchev–Trinajstić information content (AvgIpc) is 2.26. The summed E-state index contributed by atoms with van der Waals surface area (Å²) in [6, 6.07) is 0. The molecular formula is C14H27F. The lowest BCUT2D eigenvalue weighted by Gasteiger charge is -2.00. The molecule has 90 valence electrons. The van der Waals surface area contributed by atoms with E-state index in [0.29, 0.717) is 6.33 Å². The summed E-state index contributed by atoms with van der Waals surface area (Å²) < 4.78 is 11.6. The van der Waals surface area contributed by atoms with Gasteiger partial charge in [-0.25, -0.2) is 4.39 Å². The minimum absolute atomic E-state index is 0.660. The lowest BCUT2D eigenvalue weighted by Crippen LogP contribution is -1.81. The fourth-order valence-electron chi connectivity index (χ4n) is 1.81. The van der Waals surface area contributed by atoms with E-state index in [1.807, 2.05) is 0 Å². The molecule has 0 atom stereocenters. The number of allylic oxidation sites excluding steroid dienone is 1. The van der Waals surface area contributed by atoms with Gasteiger partial charge >= 0.3 is 0 Å². The molecule has 0 aliphatic rings. The molecular weight excluding hydrogens is 187 g/mol. The molecule has 0 heterocycles. The first-order valence-corrected chi connectivity index (χ1v) is 6.67. The summed E-state index contributed by atoms with van der Waals surface area (Å²) in [6.07, 6.45) is 16.7. The van der Waals surface area contributed by atoms with Gasteiger partial charge in [-0.2, -0.15) is 0 Å². The minimum Gasteiger partial charge on any atom is -0.216 e. The number of hydrogen-bond donors (Lipinski definition) is 0. The van der Waals surface area contributed by atoms with Crippen molar-refractivity contribution in [3.8, 4) is 0 Å². The van der Waals surface area contributed by atoms with Gasteiger partial charge in [0.25, 0.3) is 0 Å². The quantitative estimate of drug-likeness (QED) is 0.382. The van der Waals surface area contributed by atoms with E-state index in [4.69, 9.17) is 0 Å². The van der Waals surface area contributed by atoms with Crippen molar-refractivity contribution in [2.45, 2.75) is 77.6 Å². The molecule has 0 nitrogen and oxygen atoms in total. The normalized spacial score (nSPS) is 11.3. The first-order valence-electron chi connectivity index (χ1n) is 6.67. The van der Waals surface area contributed by atoms with Gasteiger partial charge in [-0.15, -0.1) is 0 Å². The summed E-state index contributed by atoms with van der Waals surface area (Å²) in [5, 5.41) is 0. The van der Waals surface area contributed by atoms with Gasteiger partial charge in [0.1, 0.15) is 0 Å². The van der Waals surface area contributed by atoms with Crippen LogP contribution in [0.1, 0.15) is 77.6 Å². The van der Waals surface area contributed by atoms with Crippen molar-refractivity contribution in [3.63, 3.8) is 0 Å². The van der Waals surface area contributed by atoms with E-state index in [1.165, 1.54) is 57.8 Å². The van der Waals surface area contributed by atoms with Gasteiger partial charge in [-0.1, -0.05) is 70.8 Å². The Morgan fingerprint density at radius 3 is 1.67 bits per heavy atom. The van der Waals surface area contributed by atoms with Gasteiger partial charge in [0, 0.05) is 0 Å². The number of rotatable bonds is 11. The topological polar surface area (TPSA) is 0 Å². The molecule has 0 aliphatic carbocycles. The highest BCUT2D eigenvalue weighted by atomic mass is 19.1. The molecule has 0 fully saturated rings. The largest absolute Gasteiger partial charge is 0.216 e. The molecule has 0 aromatic heterocycles. The molecule has 0 unspecified atom stereocenters. The first-order chi connectivity index (χ1) is 7.41. The van der Waals surface area contributed by atoms with Crippen LogP contribution in [-0.4, -0.2) is 0 Å². The van der Waals surface area contributed by atoms with Crippen molar-refractivity contribution in [1.82, 2.24) is 0 Å². The van der Waals surface area contributed by atoms with Crippen LogP contribution in [0.15, 0.2) is 12.4 Å². The maximum atomic E-state index is 11.6. The van der Waals surface area contributed by atoms with E-state index in [0.717, 1.165) is 12.8 Å². The summed E-state index contributed by atoms with van der Waals surface area (Å²) >= 11 is 0. The number of unbranched alkanes of at least 4 members (excludes halogenated alkanes) is 10. The molecule has 0 aromatic carbocycles. The Hall–Kier alpha value is -0.330. The molecule has 0 bridgehead atoms. The van der Waals surface area contributed by atoms with Gasteiger partial charge in [0.15, 0.2) is 0 Å². The first kappa shape index (κ1) is 14.7. The van der Waals surface area contributed by atoms with Crippen LogP contribution in [0.2, 0.25) is 0 Å². The fourth-order valence-corrected chi connectivity index (χ4v) is 1.81. The van der Waals surface area contributed by atoms with Crippen LogP contribution >= 0.6 is 0 Å². The highest BCUT2D eigenvalue weighted by molar-refractivity contribution is 4.71. The summed E-state index contributed by atoms with van der Waals surface area (Å²) in [5.41, 5.74) is 0. The van der Waals surface area contributed by atoms with Gasteiger partial charge < -0.3 is 0 Å². The monoisotopic (exact) mass is 214 g/mol. The highest BCUT2D eigenvalue weighted by Gasteiger charge is 1.91. The SMILES string of the molecule is CCCCCCCCCCCC/C=C/F. The van der Waals surface area contributed by atoms with Crippen LogP contribution in [0.25, 0.3) is 0 Å². The maximum Gasteiger partial charge on any atom is 0.0827 e. The molecule has 0 spiro atoms. The summed E-state index contributed by atoms with van der Waals surface area (Å²) in [5.74, 6) is 0. The van der Waals surface area contributed by atoms with Crippen LogP contribution < -0.4 is 0 Å². The summed E-state index contributed by atoms with van der Waals surface area (Å²) in [6.45, 7) is 2.26. The van der Waals surface area contributed by atoms with Crippen LogP contribution in [0.3, 0.4) is 0 Å². The zero-order valence-electron chi connectivity index (χ0n) is 10.3. The highest BCUT2D eigenvalue weighted by Crippen LogP contribution is 2.11. The summed E-state index contributed by atoms with van der Waals surface area (Å²) in [4.78, 5) is 0. The van der Waals surface area contributed by atoms with Crippen LogP contribution in [0.4, 0.5) is 4.39 Å². The predicted octanol–water partition coefficient (Wildman–Crippen LogP) is 5.78. The van der Waals surface area contributed by atoms with Crippen molar-refractivity contribution in [2.24, 2.45) is 0 Å².